The summed E-state index contributed by atoms with van der Waals surface area (Å²) in [6, 6.07) is 15.0. The van der Waals surface area contributed by atoms with Crippen molar-refractivity contribution in [3.8, 4) is 5.75 Å². The molecule has 1 heterocycles. The fourth-order valence-corrected chi connectivity index (χ4v) is 2.57. The molecule has 6 heteroatoms. The van der Waals surface area contributed by atoms with Crippen LogP contribution in [0.15, 0.2) is 48.5 Å². The number of rotatable bonds is 6. The fraction of sp³-hybridized carbons (Fsp3) is 0.222. The molecule has 2 aromatic carbocycles. The molecule has 3 rings (SSSR count). The number of nitrogens with zero attached hydrogens (tertiary/aromatic N) is 2. The molecule has 0 fully saturated rings. The Morgan fingerprint density at radius 1 is 1.21 bits per heavy atom. The molecule has 0 spiro atoms. The van der Waals surface area contributed by atoms with E-state index in [0.717, 1.165) is 22.3 Å². The lowest BCUT2D eigenvalue weighted by molar-refractivity contribution is -0.121. The van der Waals surface area contributed by atoms with Gasteiger partial charge in [-0.1, -0.05) is 24.3 Å². The lowest BCUT2D eigenvalue weighted by atomic mass is 10.2. The van der Waals surface area contributed by atoms with E-state index in [1.165, 1.54) is 0 Å². The molecule has 0 saturated carbocycles. The molecule has 0 aliphatic rings. The standard InChI is InChI=1S/C18H19N3O3/c1-24-14-8-6-13(7-9-14)10-19-18(23)11-21-16-5-3-2-4-15(16)20-17(21)12-22/h2-9,22H,10-12H2,1H3,(H,19,23). The summed E-state index contributed by atoms with van der Waals surface area (Å²) < 4.78 is 6.84. The molecule has 0 aliphatic carbocycles. The number of aliphatic hydroxyl groups excluding tert-OH is 1. The summed E-state index contributed by atoms with van der Waals surface area (Å²) >= 11 is 0. The van der Waals surface area contributed by atoms with E-state index in [0.29, 0.717) is 12.4 Å². The van der Waals surface area contributed by atoms with E-state index in [9.17, 15) is 9.90 Å². The van der Waals surface area contributed by atoms with Gasteiger partial charge in [0.05, 0.1) is 18.1 Å². The molecule has 1 amide bonds. The van der Waals surface area contributed by atoms with Crippen molar-refractivity contribution in [2.75, 3.05) is 7.11 Å². The Kier molecular flexibility index (Phi) is 4.77. The van der Waals surface area contributed by atoms with Gasteiger partial charge in [-0.15, -0.1) is 0 Å². The number of imidazole rings is 1. The molecular formula is C18H19N3O3. The molecule has 0 atom stereocenters. The maximum absolute atomic E-state index is 12.3. The van der Waals surface area contributed by atoms with Gasteiger partial charge in [-0.25, -0.2) is 4.98 Å². The molecular weight excluding hydrogens is 306 g/mol. The van der Waals surface area contributed by atoms with Crippen molar-refractivity contribution in [2.45, 2.75) is 19.7 Å². The predicted molar refractivity (Wildman–Crippen MR) is 90.5 cm³/mol. The number of benzene rings is 2. The van der Waals surface area contributed by atoms with Gasteiger partial charge in [0.15, 0.2) is 0 Å². The van der Waals surface area contributed by atoms with E-state index >= 15 is 0 Å². The van der Waals surface area contributed by atoms with Gasteiger partial charge in [0.2, 0.25) is 5.91 Å². The molecule has 0 bridgehead atoms. The highest BCUT2D eigenvalue weighted by molar-refractivity contribution is 5.81. The van der Waals surface area contributed by atoms with Crippen LogP contribution in [0.4, 0.5) is 0 Å². The van der Waals surface area contributed by atoms with Gasteiger partial charge in [0.1, 0.15) is 24.7 Å². The number of amides is 1. The highest BCUT2D eigenvalue weighted by Crippen LogP contribution is 2.16. The van der Waals surface area contributed by atoms with Crippen molar-refractivity contribution >= 4 is 16.9 Å². The van der Waals surface area contributed by atoms with E-state index in [2.05, 4.69) is 10.3 Å². The summed E-state index contributed by atoms with van der Waals surface area (Å²) in [5, 5.41) is 12.3. The maximum atomic E-state index is 12.3. The Balaban J connectivity index is 1.68. The normalized spacial score (nSPS) is 10.8. The molecule has 2 N–H and O–H groups in total. The number of para-hydroxylation sites is 2. The van der Waals surface area contributed by atoms with Gasteiger partial charge < -0.3 is 19.7 Å². The number of fused-ring (bicyclic) bond motifs is 1. The number of carbonyl (C=O) groups is 1. The van der Waals surface area contributed by atoms with Crippen LogP contribution in [0, 0.1) is 0 Å². The van der Waals surface area contributed by atoms with Crippen molar-refractivity contribution in [2.24, 2.45) is 0 Å². The second kappa shape index (κ2) is 7.14. The van der Waals surface area contributed by atoms with Crippen LogP contribution < -0.4 is 10.1 Å². The number of hydrogen-bond acceptors (Lipinski definition) is 4. The Bertz CT molecular complexity index is 840. The summed E-state index contributed by atoms with van der Waals surface area (Å²) in [4.78, 5) is 16.6. The number of hydrogen-bond donors (Lipinski definition) is 2. The van der Waals surface area contributed by atoms with E-state index in [1.54, 1.807) is 11.7 Å². The lowest BCUT2D eigenvalue weighted by Gasteiger charge is -2.09. The van der Waals surface area contributed by atoms with Crippen molar-refractivity contribution in [1.29, 1.82) is 0 Å². The third-order valence-corrected chi connectivity index (χ3v) is 3.83. The smallest absolute Gasteiger partial charge is 0.240 e. The Hall–Kier alpha value is -2.86. The first-order valence-corrected chi connectivity index (χ1v) is 7.66. The molecule has 3 aromatic rings. The second-order valence-electron chi connectivity index (χ2n) is 5.39. The quantitative estimate of drug-likeness (QED) is 0.725. The van der Waals surface area contributed by atoms with Crippen LogP contribution in [0.2, 0.25) is 0 Å². The zero-order chi connectivity index (χ0) is 16.9. The SMILES string of the molecule is COc1ccc(CNC(=O)Cn2c(CO)nc3ccccc32)cc1. The summed E-state index contributed by atoms with van der Waals surface area (Å²) in [5.41, 5.74) is 2.59. The first kappa shape index (κ1) is 16.0. The van der Waals surface area contributed by atoms with E-state index in [4.69, 9.17) is 4.74 Å². The minimum atomic E-state index is -0.208. The van der Waals surface area contributed by atoms with E-state index in [-0.39, 0.29) is 19.1 Å². The van der Waals surface area contributed by atoms with E-state index in [1.807, 2.05) is 48.5 Å². The Morgan fingerprint density at radius 3 is 2.67 bits per heavy atom. The van der Waals surface area contributed by atoms with Crippen LogP contribution in [0.3, 0.4) is 0 Å². The van der Waals surface area contributed by atoms with Crippen molar-refractivity contribution in [3.05, 3.63) is 59.9 Å². The largest absolute Gasteiger partial charge is 0.497 e. The van der Waals surface area contributed by atoms with Gasteiger partial charge in [-0.05, 0) is 29.8 Å². The Labute approximate surface area is 139 Å². The summed E-state index contributed by atoms with van der Waals surface area (Å²) in [6.07, 6.45) is 0. The van der Waals surface area contributed by atoms with Gasteiger partial charge >= 0.3 is 0 Å². The highest BCUT2D eigenvalue weighted by Gasteiger charge is 2.12. The monoisotopic (exact) mass is 325 g/mol. The summed E-state index contributed by atoms with van der Waals surface area (Å²) in [6.45, 7) is 0.344. The number of ether oxygens (including phenoxy) is 1. The minimum absolute atomic E-state index is 0.118. The molecule has 1 aromatic heterocycles. The van der Waals surface area contributed by atoms with Crippen LogP contribution in [-0.4, -0.2) is 27.7 Å². The third kappa shape index (κ3) is 3.38. The first-order valence-electron chi connectivity index (χ1n) is 7.66. The van der Waals surface area contributed by atoms with Crippen LogP contribution >= 0.6 is 0 Å². The highest BCUT2D eigenvalue weighted by atomic mass is 16.5. The molecule has 24 heavy (non-hydrogen) atoms. The number of aliphatic hydroxyl groups is 1. The second-order valence-corrected chi connectivity index (χ2v) is 5.39. The molecule has 0 radical (unpaired) electrons. The van der Waals surface area contributed by atoms with Gasteiger partial charge in [0, 0.05) is 6.54 Å². The molecule has 0 unspecified atom stereocenters. The average Bonchev–Trinajstić information content (AvgIpc) is 2.98. The number of methoxy groups -OCH3 is 1. The zero-order valence-electron chi connectivity index (χ0n) is 13.4. The predicted octanol–water partition coefficient (Wildman–Crippen LogP) is 1.85. The Morgan fingerprint density at radius 2 is 1.96 bits per heavy atom. The molecule has 124 valence electrons. The van der Waals surface area contributed by atoms with Gasteiger partial charge in [-0.3, -0.25) is 4.79 Å². The van der Waals surface area contributed by atoms with Crippen LogP contribution in [-0.2, 0) is 24.5 Å². The minimum Gasteiger partial charge on any atom is -0.497 e. The van der Waals surface area contributed by atoms with Crippen LogP contribution in [0.5, 0.6) is 5.75 Å². The lowest BCUT2D eigenvalue weighted by Crippen LogP contribution is -2.27. The van der Waals surface area contributed by atoms with Crippen molar-refractivity contribution in [1.82, 2.24) is 14.9 Å². The zero-order valence-corrected chi connectivity index (χ0v) is 13.4. The third-order valence-electron chi connectivity index (χ3n) is 3.83. The molecule has 6 nitrogen and oxygen atoms in total. The van der Waals surface area contributed by atoms with Crippen LogP contribution in [0.25, 0.3) is 11.0 Å². The maximum Gasteiger partial charge on any atom is 0.240 e. The van der Waals surface area contributed by atoms with Crippen molar-refractivity contribution < 1.29 is 14.6 Å². The van der Waals surface area contributed by atoms with E-state index < -0.39 is 0 Å². The average molecular weight is 325 g/mol. The number of carbonyl (C=O) groups excluding carboxylic acids is 1. The summed E-state index contributed by atoms with van der Waals surface area (Å²) in [5.74, 6) is 1.13. The number of nitrogens with one attached hydrogen (secondary N) is 1. The molecule has 0 aliphatic heterocycles. The fourth-order valence-electron chi connectivity index (χ4n) is 2.57. The van der Waals surface area contributed by atoms with Crippen molar-refractivity contribution in [3.63, 3.8) is 0 Å². The van der Waals surface area contributed by atoms with Crippen LogP contribution in [0.1, 0.15) is 11.4 Å². The molecule has 0 saturated heterocycles. The van der Waals surface area contributed by atoms with Gasteiger partial charge in [-0.2, -0.15) is 0 Å². The van der Waals surface area contributed by atoms with Gasteiger partial charge in [0.25, 0.3) is 0 Å². The summed E-state index contributed by atoms with van der Waals surface area (Å²) in [7, 11) is 1.62. The number of aromatic nitrogens is 2. The topological polar surface area (TPSA) is 76.4 Å². The first-order chi connectivity index (χ1) is 11.7.